The Morgan fingerprint density at radius 2 is 1.65 bits per heavy atom. The minimum atomic E-state index is -0.719. The molecular formula is C38H65N5O5S. The summed E-state index contributed by atoms with van der Waals surface area (Å²) < 4.78 is 5.99. The number of nitrogens with one attached hydrogen (secondary N) is 3. The lowest BCUT2D eigenvalue weighted by Gasteiger charge is -2.40. The van der Waals surface area contributed by atoms with Gasteiger partial charge in [0, 0.05) is 39.6 Å². The molecule has 0 aromatic heterocycles. The molecule has 10 nitrogen and oxygen atoms in total. The molecule has 1 fully saturated rings. The molecule has 1 heterocycles. The van der Waals surface area contributed by atoms with Crippen molar-refractivity contribution in [1.29, 1.82) is 0 Å². The van der Waals surface area contributed by atoms with E-state index >= 15 is 0 Å². The van der Waals surface area contributed by atoms with Crippen LogP contribution in [0.4, 0.5) is 0 Å². The average Bonchev–Trinajstić information content (AvgIpc) is 3.55. The van der Waals surface area contributed by atoms with Crippen LogP contribution in [0.25, 0.3) is 0 Å². The lowest BCUT2D eigenvalue weighted by atomic mass is 9.89. The number of hydrogen-bond donors (Lipinski definition) is 3. The van der Waals surface area contributed by atoms with Crippen LogP contribution in [0.3, 0.4) is 0 Å². The van der Waals surface area contributed by atoms with Crippen LogP contribution in [0.2, 0.25) is 0 Å². The van der Waals surface area contributed by atoms with Crippen LogP contribution in [0, 0.1) is 17.8 Å². The maximum Gasteiger partial charge on any atom is 0.245 e. The van der Waals surface area contributed by atoms with Crippen LogP contribution in [0.5, 0.6) is 0 Å². The molecule has 278 valence electrons. The molecule has 7 unspecified atom stereocenters. The van der Waals surface area contributed by atoms with Gasteiger partial charge in [0.15, 0.2) is 0 Å². The summed E-state index contributed by atoms with van der Waals surface area (Å²) in [7, 11) is 5.10. The van der Waals surface area contributed by atoms with Crippen LogP contribution in [0.1, 0.15) is 92.6 Å². The highest BCUT2D eigenvalue weighted by Crippen LogP contribution is 2.27. The van der Waals surface area contributed by atoms with Crippen molar-refractivity contribution in [3.05, 3.63) is 35.9 Å². The highest BCUT2D eigenvalue weighted by atomic mass is 32.2. The fourth-order valence-corrected chi connectivity index (χ4v) is 7.88. The molecule has 1 aliphatic heterocycles. The molecule has 1 aromatic rings. The Balaban J connectivity index is 2.11. The topological polar surface area (TPSA) is 120 Å². The second-order valence-corrected chi connectivity index (χ2v) is 15.6. The van der Waals surface area contributed by atoms with Gasteiger partial charge in [0.1, 0.15) is 6.04 Å². The van der Waals surface area contributed by atoms with Crippen molar-refractivity contribution in [2.45, 2.75) is 129 Å². The number of ether oxygens (including phenoxy) is 1. The fourth-order valence-electron chi connectivity index (χ4n) is 6.96. The summed E-state index contributed by atoms with van der Waals surface area (Å²) >= 11 is 1.73. The Morgan fingerprint density at radius 3 is 2.20 bits per heavy atom. The van der Waals surface area contributed by atoms with Crippen molar-refractivity contribution in [2.24, 2.45) is 17.8 Å². The van der Waals surface area contributed by atoms with Crippen LogP contribution in [-0.2, 0) is 30.3 Å². The number of benzene rings is 1. The number of amides is 4. The molecule has 0 radical (unpaired) electrons. The summed E-state index contributed by atoms with van der Waals surface area (Å²) in [5.74, 6) is 0.453. The van der Waals surface area contributed by atoms with Gasteiger partial charge in [-0.15, -0.1) is 11.8 Å². The third-order valence-electron chi connectivity index (χ3n) is 9.93. The van der Waals surface area contributed by atoms with Gasteiger partial charge in [0.2, 0.25) is 23.6 Å². The van der Waals surface area contributed by atoms with Gasteiger partial charge in [-0.05, 0) is 55.4 Å². The Labute approximate surface area is 300 Å². The zero-order chi connectivity index (χ0) is 36.7. The molecular weight excluding hydrogens is 639 g/mol. The van der Waals surface area contributed by atoms with Crippen LogP contribution in [-0.4, -0.2) is 103 Å². The smallest absolute Gasteiger partial charge is 0.245 e. The van der Waals surface area contributed by atoms with E-state index in [9.17, 15) is 19.2 Å². The summed E-state index contributed by atoms with van der Waals surface area (Å²) in [6, 6.07) is 8.67. The molecule has 49 heavy (non-hydrogen) atoms. The Hall–Kier alpha value is -2.63. The molecule has 11 heteroatoms. The molecule has 1 aromatic carbocycles. The standard InChI is InChI=1S/C38H65N5O5S/c1-11-27(7)36(42(9)38(47)35(26(5)6)41-37(46)34(39-8)25(3)4)30(48-10)24-33(45)43-22-16-19-29(43)20-21-31(44)40-32(49-12-2)23-28-17-14-13-15-18-28/h13-15,17-18,25-27,29-30,32,34-36,39H,11-12,16,19-24H2,1-10H3,(H,40,44)(H,41,46). The summed E-state index contributed by atoms with van der Waals surface area (Å²) in [5.41, 5.74) is 1.19. The summed E-state index contributed by atoms with van der Waals surface area (Å²) in [6.45, 7) is 14.7. The fraction of sp³-hybridized carbons (Fsp3) is 0.737. The Kier molecular flexibility index (Phi) is 18.7. The third-order valence-corrected chi connectivity index (χ3v) is 10.9. The molecule has 1 saturated heterocycles. The number of nitrogens with zero attached hydrogens (tertiary/aromatic N) is 2. The van der Waals surface area contributed by atoms with Gasteiger partial charge in [-0.3, -0.25) is 19.2 Å². The van der Waals surface area contributed by atoms with Crippen molar-refractivity contribution < 1.29 is 23.9 Å². The second kappa shape index (κ2) is 21.6. The van der Waals surface area contributed by atoms with Crippen molar-refractivity contribution in [1.82, 2.24) is 25.8 Å². The predicted octanol–water partition coefficient (Wildman–Crippen LogP) is 4.86. The van der Waals surface area contributed by atoms with E-state index in [4.69, 9.17) is 4.74 Å². The molecule has 3 N–H and O–H groups in total. The number of carbonyl (C=O) groups is 4. The third kappa shape index (κ3) is 12.9. The molecule has 2 rings (SSSR count). The van der Waals surface area contributed by atoms with Crippen molar-refractivity contribution in [2.75, 3.05) is 33.5 Å². The van der Waals surface area contributed by atoms with Gasteiger partial charge in [0.25, 0.3) is 0 Å². The van der Waals surface area contributed by atoms with Crippen LogP contribution >= 0.6 is 11.8 Å². The number of rotatable bonds is 21. The van der Waals surface area contributed by atoms with E-state index < -0.39 is 18.2 Å². The van der Waals surface area contributed by atoms with E-state index in [1.54, 1.807) is 37.9 Å². The monoisotopic (exact) mass is 703 g/mol. The Bertz CT molecular complexity index is 1170. The average molecular weight is 704 g/mol. The summed E-state index contributed by atoms with van der Waals surface area (Å²) in [5, 5.41) is 9.27. The normalized spacial score (nSPS) is 18.4. The quantitative estimate of drug-likeness (QED) is 0.157. The number of thioether (sulfide) groups is 1. The van der Waals surface area contributed by atoms with Crippen molar-refractivity contribution in [3.8, 4) is 0 Å². The van der Waals surface area contributed by atoms with Gasteiger partial charge in [0.05, 0.1) is 30.0 Å². The zero-order valence-corrected chi connectivity index (χ0v) is 32.6. The second-order valence-electron chi connectivity index (χ2n) is 14.2. The van der Waals surface area contributed by atoms with Crippen molar-refractivity contribution in [3.63, 3.8) is 0 Å². The molecule has 0 aliphatic carbocycles. The number of hydrogen-bond acceptors (Lipinski definition) is 7. The zero-order valence-electron chi connectivity index (χ0n) is 31.8. The van der Waals surface area contributed by atoms with E-state index in [2.05, 4.69) is 48.9 Å². The number of likely N-dealkylation sites (N-methyl/N-ethyl adjacent to an activating group) is 2. The van der Waals surface area contributed by atoms with E-state index in [1.807, 2.05) is 50.8 Å². The first-order valence-corrected chi connectivity index (χ1v) is 19.4. The molecule has 7 atom stereocenters. The predicted molar refractivity (Wildman–Crippen MR) is 200 cm³/mol. The highest BCUT2D eigenvalue weighted by molar-refractivity contribution is 7.99. The van der Waals surface area contributed by atoms with Gasteiger partial charge in [-0.2, -0.15) is 0 Å². The van der Waals surface area contributed by atoms with E-state index in [1.165, 1.54) is 5.56 Å². The molecule has 0 spiro atoms. The first-order chi connectivity index (χ1) is 23.3. The summed E-state index contributed by atoms with van der Waals surface area (Å²) in [4.78, 5) is 57.7. The van der Waals surface area contributed by atoms with Crippen molar-refractivity contribution >= 4 is 35.4 Å². The minimum Gasteiger partial charge on any atom is -0.379 e. The van der Waals surface area contributed by atoms with Gasteiger partial charge >= 0.3 is 0 Å². The van der Waals surface area contributed by atoms with Gasteiger partial charge < -0.3 is 30.5 Å². The lowest BCUT2D eigenvalue weighted by molar-refractivity contribution is -0.146. The SMILES string of the molecule is CCSC(Cc1ccccc1)NC(=O)CCC1CCCN1C(=O)CC(OC)C(C(C)CC)N(C)C(=O)C(NC(=O)C(NC)C(C)C)C(C)C. The highest BCUT2D eigenvalue weighted by Gasteiger charge is 2.40. The maximum absolute atomic E-state index is 14.0. The number of likely N-dealkylation sites (tertiary alicyclic amines) is 1. The molecule has 1 aliphatic rings. The van der Waals surface area contributed by atoms with E-state index in [0.717, 1.165) is 31.4 Å². The molecule has 4 amide bonds. The number of carbonyl (C=O) groups excluding carboxylic acids is 4. The number of methoxy groups -OCH3 is 1. The summed E-state index contributed by atoms with van der Waals surface area (Å²) in [6.07, 6.45) is 3.87. The van der Waals surface area contributed by atoms with Crippen LogP contribution in [0.15, 0.2) is 30.3 Å². The van der Waals surface area contributed by atoms with E-state index in [0.29, 0.717) is 19.4 Å². The maximum atomic E-state index is 14.0. The van der Waals surface area contributed by atoms with Gasteiger partial charge in [-0.1, -0.05) is 85.2 Å². The Morgan fingerprint density at radius 1 is 1.00 bits per heavy atom. The lowest BCUT2D eigenvalue weighted by Crippen LogP contribution is -2.59. The molecule has 0 bridgehead atoms. The minimum absolute atomic E-state index is 0.00409. The first kappa shape index (κ1) is 42.5. The van der Waals surface area contributed by atoms with Gasteiger partial charge in [-0.25, -0.2) is 0 Å². The van der Waals surface area contributed by atoms with Crippen LogP contribution < -0.4 is 16.0 Å². The van der Waals surface area contributed by atoms with E-state index in [-0.39, 0.29) is 65.3 Å². The molecule has 0 saturated carbocycles. The largest absolute Gasteiger partial charge is 0.379 e. The first-order valence-electron chi connectivity index (χ1n) is 18.3.